The Labute approximate surface area is 104 Å². The van der Waals surface area contributed by atoms with Crippen LogP contribution in [-0.4, -0.2) is 17.6 Å². The van der Waals surface area contributed by atoms with E-state index in [1.807, 2.05) is 0 Å². The molecule has 0 aliphatic rings. The van der Waals surface area contributed by atoms with Crippen LogP contribution in [0.1, 0.15) is 12.5 Å². The molecule has 0 aliphatic carbocycles. The minimum absolute atomic E-state index is 0.156. The Balaban J connectivity index is 2.39. The van der Waals surface area contributed by atoms with Gasteiger partial charge in [-0.05, 0) is 19.1 Å². The van der Waals surface area contributed by atoms with Crippen molar-refractivity contribution in [2.24, 2.45) is 0 Å². The molecule has 2 rings (SSSR count). The fraction of sp³-hybridized carbons (Fsp3) is 0.143. The Bertz CT molecular complexity index is 656. The van der Waals surface area contributed by atoms with E-state index in [0.717, 1.165) is 5.39 Å². The first kappa shape index (κ1) is 12.1. The molecule has 0 saturated carbocycles. The maximum absolute atomic E-state index is 13.7. The van der Waals surface area contributed by atoms with Crippen LogP contribution in [0.4, 0.5) is 4.39 Å². The van der Waals surface area contributed by atoms with Gasteiger partial charge >= 0.3 is 5.97 Å². The smallest absolute Gasteiger partial charge is 0.384 e. The van der Waals surface area contributed by atoms with Crippen LogP contribution >= 0.6 is 0 Å². The number of ether oxygens (including phenoxy) is 1. The SMILES string of the molecule is CCOC(=O)C#Cc1cc2cccnc2cc1F. The first-order valence-corrected chi connectivity index (χ1v) is 5.43. The average Bonchev–Trinajstić information content (AvgIpc) is 2.36. The summed E-state index contributed by atoms with van der Waals surface area (Å²) >= 11 is 0. The zero-order chi connectivity index (χ0) is 13.0. The lowest BCUT2D eigenvalue weighted by atomic mass is 10.1. The highest BCUT2D eigenvalue weighted by molar-refractivity contribution is 5.89. The molecule has 3 nitrogen and oxygen atoms in total. The number of nitrogens with zero attached hydrogens (tertiary/aromatic N) is 1. The predicted molar refractivity (Wildman–Crippen MR) is 65.2 cm³/mol. The first-order valence-electron chi connectivity index (χ1n) is 5.43. The number of aromatic nitrogens is 1. The Kier molecular flexibility index (Phi) is 3.54. The van der Waals surface area contributed by atoms with Gasteiger partial charge in [-0.15, -0.1) is 0 Å². The monoisotopic (exact) mass is 243 g/mol. The summed E-state index contributed by atoms with van der Waals surface area (Å²) in [6.45, 7) is 1.93. The maximum atomic E-state index is 13.7. The Morgan fingerprint density at radius 3 is 3.11 bits per heavy atom. The van der Waals surface area contributed by atoms with Crippen LogP contribution in [0.2, 0.25) is 0 Å². The van der Waals surface area contributed by atoms with Gasteiger partial charge in [-0.25, -0.2) is 9.18 Å². The van der Waals surface area contributed by atoms with E-state index in [2.05, 4.69) is 21.6 Å². The van der Waals surface area contributed by atoms with Crippen molar-refractivity contribution >= 4 is 16.9 Å². The van der Waals surface area contributed by atoms with Crippen LogP contribution in [0, 0.1) is 17.7 Å². The average molecular weight is 243 g/mol. The van der Waals surface area contributed by atoms with Crippen LogP contribution in [0.25, 0.3) is 10.9 Å². The number of benzene rings is 1. The van der Waals surface area contributed by atoms with E-state index < -0.39 is 11.8 Å². The second-order valence-corrected chi connectivity index (χ2v) is 3.50. The number of hydrogen-bond acceptors (Lipinski definition) is 3. The first-order chi connectivity index (χ1) is 8.70. The van der Waals surface area contributed by atoms with Gasteiger partial charge in [0.05, 0.1) is 17.7 Å². The van der Waals surface area contributed by atoms with E-state index in [9.17, 15) is 9.18 Å². The zero-order valence-electron chi connectivity index (χ0n) is 9.74. The van der Waals surface area contributed by atoms with Crippen LogP contribution in [0.5, 0.6) is 0 Å². The van der Waals surface area contributed by atoms with E-state index in [0.29, 0.717) is 5.52 Å². The van der Waals surface area contributed by atoms with E-state index in [1.165, 1.54) is 6.07 Å². The number of carbonyl (C=O) groups excluding carboxylic acids is 1. The second-order valence-electron chi connectivity index (χ2n) is 3.50. The Morgan fingerprint density at radius 2 is 2.33 bits per heavy atom. The van der Waals surface area contributed by atoms with Crippen molar-refractivity contribution in [1.29, 1.82) is 0 Å². The highest BCUT2D eigenvalue weighted by Crippen LogP contribution is 2.16. The summed E-state index contributed by atoms with van der Waals surface area (Å²) in [4.78, 5) is 15.1. The van der Waals surface area contributed by atoms with Crippen molar-refractivity contribution in [3.63, 3.8) is 0 Å². The summed E-state index contributed by atoms with van der Waals surface area (Å²) in [6, 6.07) is 6.41. The molecule has 0 amide bonds. The normalized spacial score (nSPS) is 9.67. The van der Waals surface area contributed by atoms with Gasteiger partial charge in [0, 0.05) is 23.6 Å². The summed E-state index contributed by atoms with van der Waals surface area (Å²) in [5.41, 5.74) is 0.709. The molecule has 0 radical (unpaired) electrons. The summed E-state index contributed by atoms with van der Waals surface area (Å²) in [5, 5.41) is 0.770. The van der Waals surface area contributed by atoms with Gasteiger partial charge in [0.15, 0.2) is 0 Å². The van der Waals surface area contributed by atoms with E-state index >= 15 is 0 Å². The Hall–Kier alpha value is -2.41. The van der Waals surface area contributed by atoms with Crippen LogP contribution in [0.15, 0.2) is 30.5 Å². The van der Waals surface area contributed by atoms with Gasteiger partial charge in [0.1, 0.15) is 5.82 Å². The molecular weight excluding hydrogens is 233 g/mol. The summed E-state index contributed by atoms with van der Waals surface area (Å²) in [7, 11) is 0. The van der Waals surface area contributed by atoms with Crippen molar-refractivity contribution < 1.29 is 13.9 Å². The third-order valence-corrected chi connectivity index (χ3v) is 2.27. The van der Waals surface area contributed by atoms with Gasteiger partial charge in [0.25, 0.3) is 0 Å². The second kappa shape index (κ2) is 5.28. The van der Waals surface area contributed by atoms with Gasteiger partial charge in [0.2, 0.25) is 0 Å². The highest BCUT2D eigenvalue weighted by Gasteiger charge is 2.03. The van der Waals surface area contributed by atoms with Crippen LogP contribution in [-0.2, 0) is 9.53 Å². The molecule has 18 heavy (non-hydrogen) atoms. The molecule has 90 valence electrons. The number of esters is 1. The van der Waals surface area contributed by atoms with E-state index in [1.54, 1.807) is 31.3 Å². The molecule has 1 aromatic carbocycles. The zero-order valence-corrected chi connectivity index (χ0v) is 9.74. The lowest BCUT2D eigenvalue weighted by molar-refractivity contribution is -0.136. The molecule has 0 bridgehead atoms. The summed E-state index contributed by atoms with van der Waals surface area (Å²) < 4.78 is 18.3. The standard InChI is InChI=1S/C14H10FNO2/c1-2-18-14(17)6-5-10-8-11-4-3-7-16-13(11)9-12(10)15/h3-4,7-9H,2H2,1H3. The molecule has 0 N–H and O–H groups in total. The minimum atomic E-state index is -0.664. The van der Waals surface area contributed by atoms with Crippen molar-refractivity contribution in [2.75, 3.05) is 6.61 Å². The number of hydrogen-bond donors (Lipinski definition) is 0. The number of rotatable bonds is 1. The lowest BCUT2D eigenvalue weighted by Gasteiger charge is -1.99. The molecule has 1 heterocycles. The fourth-order valence-corrected chi connectivity index (χ4v) is 1.48. The molecule has 0 unspecified atom stereocenters. The number of pyridine rings is 1. The molecule has 0 spiro atoms. The van der Waals surface area contributed by atoms with Crippen molar-refractivity contribution in [3.8, 4) is 11.8 Å². The molecule has 4 heteroatoms. The molecule has 0 aliphatic heterocycles. The molecule has 0 atom stereocenters. The minimum Gasteiger partial charge on any atom is -0.456 e. The molecule has 2 aromatic rings. The maximum Gasteiger partial charge on any atom is 0.384 e. The van der Waals surface area contributed by atoms with Crippen molar-refractivity contribution in [2.45, 2.75) is 6.92 Å². The molecular formula is C14H10FNO2. The molecule has 0 fully saturated rings. The van der Waals surface area contributed by atoms with Crippen LogP contribution in [0.3, 0.4) is 0 Å². The van der Waals surface area contributed by atoms with Crippen LogP contribution < -0.4 is 0 Å². The van der Waals surface area contributed by atoms with Gasteiger partial charge < -0.3 is 4.74 Å². The summed E-state index contributed by atoms with van der Waals surface area (Å²) in [5.74, 6) is 3.53. The highest BCUT2D eigenvalue weighted by atomic mass is 19.1. The quantitative estimate of drug-likeness (QED) is 0.570. The van der Waals surface area contributed by atoms with E-state index in [4.69, 9.17) is 0 Å². The number of fused-ring (bicyclic) bond motifs is 1. The third kappa shape index (κ3) is 2.64. The van der Waals surface area contributed by atoms with Crippen molar-refractivity contribution in [1.82, 2.24) is 4.98 Å². The lowest BCUT2D eigenvalue weighted by Crippen LogP contribution is -1.99. The number of carbonyl (C=O) groups is 1. The summed E-state index contributed by atoms with van der Waals surface area (Å²) in [6.07, 6.45) is 1.59. The van der Waals surface area contributed by atoms with Gasteiger partial charge in [-0.2, -0.15) is 0 Å². The van der Waals surface area contributed by atoms with E-state index in [-0.39, 0.29) is 12.2 Å². The molecule has 1 aromatic heterocycles. The largest absolute Gasteiger partial charge is 0.456 e. The van der Waals surface area contributed by atoms with Crippen molar-refractivity contribution in [3.05, 3.63) is 41.8 Å². The van der Waals surface area contributed by atoms with Gasteiger partial charge in [-0.3, -0.25) is 4.98 Å². The van der Waals surface area contributed by atoms with Gasteiger partial charge in [-0.1, -0.05) is 12.0 Å². The topological polar surface area (TPSA) is 39.2 Å². The fourth-order valence-electron chi connectivity index (χ4n) is 1.48. The molecule has 0 saturated heterocycles. The predicted octanol–water partition coefficient (Wildman–Crippen LogP) is 2.29. The Morgan fingerprint density at radius 1 is 1.50 bits per heavy atom. The number of halogens is 1. The third-order valence-electron chi connectivity index (χ3n) is 2.27.